The molecule has 1 unspecified atom stereocenters. The number of nitrogens with two attached hydrogens (primary N) is 1. The largest absolute Gasteiger partial charge is 0.337 e. The highest BCUT2D eigenvalue weighted by atomic mass is 32.1. The number of thiophene rings is 1. The molecule has 0 bridgehead atoms. The molecule has 2 N–H and O–H groups in total. The number of benzene rings is 1. The van der Waals surface area contributed by atoms with Crippen LogP contribution in [0.2, 0.25) is 0 Å². The molecule has 3 aromatic rings. The van der Waals surface area contributed by atoms with Crippen LogP contribution in [0.4, 0.5) is 0 Å². The number of nitrogens with zero attached hydrogens (tertiary/aromatic N) is 2. The average Bonchev–Trinajstić information content (AvgIpc) is 3.11. The summed E-state index contributed by atoms with van der Waals surface area (Å²) in [4.78, 5) is 5.57. The minimum absolute atomic E-state index is 0.370. The topological polar surface area (TPSA) is 64.9 Å². The van der Waals surface area contributed by atoms with E-state index in [0.29, 0.717) is 18.1 Å². The van der Waals surface area contributed by atoms with E-state index in [1.807, 2.05) is 41.8 Å². The van der Waals surface area contributed by atoms with Gasteiger partial charge in [-0.2, -0.15) is 4.98 Å². The van der Waals surface area contributed by atoms with Gasteiger partial charge < -0.3 is 10.3 Å². The fourth-order valence-electron chi connectivity index (χ4n) is 1.84. The Kier molecular flexibility index (Phi) is 3.39. The molecule has 0 saturated heterocycles. The molecular formula is C14H13N3OS. The summed E-state index contributed by atoms with van der Waals surface area (Å²) >= 11 is 1.68. The fraction of sp³-hybridized carbons (Fsp3) is 0.143. The van der Waals surface area contributed by atoms with Crippen LogP contribution in [0.5, 0.6) is 0 Å². The van der Waals surface area contributed by atoms with Gasteiger partial charge in [-0.1, -0.05) is 41.6 Å². The van der Waals surface area contributed by atoms with Crippen LogP contribution >= 0.6 is 11.3 Å². The zero-order valence-electron chi connectivity index (χ0n) is 10.2. The summed E-state index contributed by atoms with van der Waals surface area (Å²) in [5.41, 5.74) is 7.08. The van der Waals surface area contributed by atoms with E-state index in [2.05, 4.69) is 16.2 Å². The Hall–Kier alpha value is -1.98. The third-order valence-electron chi connectivity index (χ3n) is 2.82. The van der Waals surface area contributed by atoms with Gasteiger partial charge in [0.2, 0.25) is 5.89 Å². The van der Waals surface area contributed by atoms with Crippen molar-refractivity contribution in [2.45, 2.75) is 12.5 Å². The standard InChI is InChI=1S/C14H13N3OS/c15-13(10-5-2-1-3-6-10)14-16-12(17-18-14)9-11-7-4-8-19-11/h1-8,13H,9,15H2. The van der Waals surface area contributed by atoms with Crippen molar-refractivity contribution in [3.63, 3.8) is 0 Å². The second-order valence-electron chi connectivity index (χ2n) is 4.19. The molecule has 0 aliphatic heterocycles. The number of hydrogen-bond donors (Lipinski definition) is 1. The first-order valence-electron chi connectivity index (χ1n) is 5.98. The zero-order valence-corrected chi connectivity index (χ0v) is 11.0. The van der Waals surface area contributed by atoms with Crippen molar-refractivity contribution in [2.75, 3.05) is 0 Å². The van der Waals surface area contributed by atoms with Crippen LogP contribution < -0.4 is 5.73 Å². The van der Waals surface area contributed by atoms with Crippen molar-refractivity contribution < 1.29 is 4.52 Å². The summed E-state index contributed by atoms with van der Waals surface area (Å²) in [5.74, 6) is 1.13. The summed E-state index contributed by atoms with van der Waals surface area (Å²) in [6.07, 6.45) is 0.683. The van der Waals surface area contributed by atoms with Gasteiger partial charge in [0.05, 0.1) is 0 Å². The van der Waals surface area contributed by atoms with Crippen LogP contribution in [-0.4, -0.2) is 10.1 Å². The van der Waals surface area contributed by atoms with Crippen LogP contribution in [0, 0.1) is 0 Å². The van der Waals surface area contributed by atoms with E-state index in [-0.39, 0.29) is 6.04 Å². The van der Waals surface area contributed by atoms with E-state index in [1.54, 1.807) is 11.3 Å². The van der Waals surface area contributed by atoms with Crippen LogP contribution in [0.25, 0.3) is 0 Å². The maximum absolute atomic E-state index is 6.11. The first-order valence-corrected chi connectivity index (χ1v) is 6.86. The molecule has 1 aromatic carbocycles. The molecule has 96 valence electrons. The third kappa shape index (κ3) is 2.72. The van der Waals surface area contributed by atoms with E-state index in [4.69, 9.17) is 10.3 Å². The molecule has 2 heterocycles. The minimum Gasteiger partial charge on any atom is -0.337 e. The Balaban J connectivity index is 1.78. The first-order chi connectivity index (χ1) is 9.33. The van der Waals surface area contributed by atoms with Gasteiger partial charge in [0.15, 0.2) is 5.82 Å². The first kappa shape index (κ1) is 12.1. The molecular weight excluding hydrogens is 258 g/mol. The summed E-state index contributed by atoms with van der Waals surface area (Å²) in [6.45, 7) is 0. The van der Waals surface area contributed by atoms with Crippen LogP contribution in [0.1, 0.15) is 28.2 Å². The Morgan fingerprint density at radius 3 is 2.74 bits per heavy atom. The van der Waals surface area contributed by atoms with Gasteiger partial charge in [0.1, 0.15) is 6.04 Å². The summed E-state index contributed by atoms with van der Waals surface area (Å²) in [5, 5.41) is 6.01. The highest BCUT2D eigenvalue weighted by molar-refractivity contribution is 7.09. The van der Waals surface area contributed by atoms with Gasteiger partial charge >= 0.3 is 0 Å². The third-order valence-corrected chi connectivity index (χ3v) is 3.70. The summed E-state index contributed by atoms with van der Waals surface area (Å²) in [7, 11) is 0. The minimum atomic E-state index is -0.370. The maximum Gasteiger partial charge on any atom is 0.248 e. The van der Waals surface area contributed by atoms with E-state index >= 15 is 0 Å². The smallest absolute Gasteiger partial charge is 0.248 e. The lowest BCUT2D eigenvalue weighted by Crippen LogP contribution is -2.12. The highest BCUT2D eigenvalue weighted by Gasteiger charge is 2.16. The molecule has 5 heteroatoms. The maximum atomic E-state index is 6.11. The van der Waals surface area contributed by atoms with Crippen LogP contribution in [-0.2, 0) is 6.42 Å². The van der Waals surface area contributed by atoms with Crippen molar-refractivity contribution in [3.05, 3.63) is 70.0 Å². The molecule has 0 spiro atoms. The van der Waals surface area contributed by atoms with E-state index in [0.717, 1.165) is 5.56 Å². The number of rotatable bonds is 4. The molecule has 4 nitrogen and oxygen atoms in total. The number of hydrogen-bond acceptors (Lipinski definition) is 5. The van der Waals surface area contributed by atoms with Gasteiger partial charge in [-0.25, -0.2) is 0 Å². The van der Waals surface area contributed by atoms with Gasteiger partial charge in [-0.15, -0.1) is 11.3 Å². The summed E-state index contributed by atoms with van der Waals surface area (Å²) in [6, 6.07) is 13.4. The quantitative estimate of drug-likeness (QED) is 0.792. The predicted octanol–water partition coefficient (Wildman–Crippen LogP) is 2.77. The van der Waals surface area contributed by atoms with Crippen LogP contribution in [0.3, 0.4) is 0 Å². The highest BCUT2D eigenvalue weighted by Crippen LogP contribution is 2.19. The molecule has 0 amide bonds. The zero-order chi connectivity index (χ0) is 13.1. The van der Waals surface area contributed by atoms with Crippen molar-refractivity contribution in [1.29, 1.82) is 0 Å². The molecule has 2 aromatic heterocycles. The van der Waals surface area contributed by atoms with Crippen LogP contribution in [0.15, 0.2) is 52.4 Å². The van der Waals surface area contributed by atoms with Gasteiger partial charge in [-0.05, 0) is 17.0 Å². The van der Waals surface area contributed by atoms with Gasteiger partial charge in [-0.3, -0.25) is 0 Å². The van der Waals surface area contributed by atoms with E-state index in [9.17, 15) is 0 Å². The molecule has 0 aliphatic rings. The lowest BCUT2D eigenvalue weighted by atomic mass is 10.1. The molecule has 19 heavy (non-hydrogen) atoms. The van der Waals surface area contributed by atoms with Crippen molar-refractivity contribution in [2.24, 2.45) is 5.73 Å². The average molecular weight is 271 g/mol. The Morgan fingerprint density at radius 1 is 1.16 bits per heavy atom. The molecule has 3 rings (SSSR count). The Bertz CT molecular complexity index is 634. The van der Waals surface area contributed by atoms with Crippen molar-refractivity contribution >= 4 is 11.3 Å². The normalized spacial score (nSPS) is 12.5. The van der Waals surface area contributed by atoms with E-state index < -0.39 is 0 Å². The van der Waals surface area contributed by atoms with Crippen molar-refractivity contribution in [1.82, 2.24) is 10.1 Å². The van der Waals surface area contributed by atoms with Gasteiger partial charge in [0, 0.05) is 11.3 Å². The summed E-state index contributed by atoms with van der Waals surface area (Å²) < 4.78 is 5.25. The fourth-order valence-corrected chi connectivity index (χ4v) is 2.54. The second kappa shape index (κ2) is 5.34. The molecule has 0 fully saturated rings. The molecule has 0 saturated carbocycles. The monoisotopic (exact) mass is 271 g/mol. The van der Waals surface area contributed by atoms with E-state index in [1.165, 1.54) is 4.88 Å². The Labute approximate surface area is 114 Å². The SMILES string of the molecule is NC(c1ccccc1)c1nc(Cc2cccs2)no1. The molecule has 1 atom stereocenters. The Morgan fingerprint density at radius 2 is 2.00 bits per heavy atom. The lowest BCUT2D eigenvalue weighted by molar-refractivity contribution is 0.363. The molecule has 0 radical (unpaired) electrons. The lowest BCUT2D eigenvalue weighted by Gasteiger charge is -2.05. The number of aromatic nitrogens is 2. The molecule has 0 aliphatic carbocycles. The second-order valence-corrected chi connectivity index (χ2v) is 5.23. The van der Waals surface area contributed by atoms with Gasteiger partial charge in [0.25, 0.3) is 0 Å². The van der Waals surface area contributed by atoms with Crippen molar-refractivity contribution in [3.8, 4) is 0 Å². The predicted molar refractivity (Wildman–Crippen MR) is 73.9 cm³/mol.